The van der Waals surface area contributed by atoms with Crippen molar-refractivity contribution in [3.05, 3.63) is 102 Å². The fourth-order valence-corrected chi connectivity index (χ4v) is 9.99. The van der Waals surface area contributed by atoms with Gasteiger partial charge in [-0.1, -0.05) is 96.3 Å². The van der Waals surface area contributed by atoms with Gasteiger partial charge in [-0.15, -0.1) is 34.0 Å². The number of aromatic nitrogens is 3. The summed E-state index contributed by atoms with van der Waals surface area (Å²) in [6.07, 6.45) is 22.0. The molecule has 0 radical (unpaired) electrons. The molecule has 49 heavy (non-hydrogen) atoms. The summed E-state index contributed by atoms with van der Waals surface area (Å²) in [6.45, 7) is 4.61. The van der Waals surface area contributed by atoms with Crippen LogP contribution in [0.2, 0.25) is 0 Å². The number of hydrogen-bond acceptors (Lipinski definition) is 6. The second kappa shape index (κ2) is 18.5. The van der Waals surface area contributed by atoms with Gasteiger partial charge in [0, 0.05) is 36.8 Å². The van der Waals surface area contributed by atoms with Gasteiger partial charge in [-0.2, -0.15) is 0 Å². The smallest absolute Gasteiger partial charge is 0.0900 e. The van der Waals surface area contributed by atoms with Crippen LogP contribution in [0, 0.1) is 0 Å². The van der Waals surface area contributed by atoms with Crippen molar-refractivity contribution < 1.29 is 0 Å². The van der Waals surface area contributed by atoms with E-state index in [1.54, 1.807) is 11.1 Å². The summed E-state index contributed by atoms with van der Waals surface area (Å²) in [4.78, 5) is 21.3. The van der Waals surface area contributed by atoms with Gasteiger partial charge >= 0.3 is 0 Å². The summed E-state index contributed by atoms with van der Waals surface area (Å²) in [7, 11) is 0. The second-order valence-electron chi connectivity index (χ2n) is 13.0. The summed E-state index contributed by atoms with van der Waals surface area (Å²) in [6, 6.07) is 25.6. The Balaban J connectivity index is 1.36. The van der Waals surface area contributed by atoms with Crippen LogP contribution in [-0.2, 0) is 12.8 Å². The summed E-state index contributed by atoms with van der Waals surface area (Å²) in [5.74, 6) is 0. The third-order valence-corrected chi connectivity index (χ3v) is 12.9. The monoisotopic (exact) mass is 703 g/mol. The summed E-state index contributed by atoms with van der Waals surface area (Å²) in [5.41, 5.74) is 7.89. The molecule has 0 amide bonds. The molecule has 6 heterocycles. The highest BCUT2D eigenvalue weighted by Crippen LogP contribution is 2.48. The molecule has 6 rings (SSSR count). The molecule has 0 saturated carbocycles. The summed E-state index contributed by atoms with van der Waals surface area (Å²) in [5, 5.41) is 2.24. The van der Waals surface area contributed by atoms with E-state index in [0.29, 0.717) is 0 Å². The number of unbranched alkanes of at least 4 members (excludes halogenated alkanes) is 10. The Kier molecular flexibility index (Phi) is 13.4. The van der Waals surface area contributed by atoms with Gasteiger partial charge in [0.1, 0.15) is 0 Å². The number of thiophene rings is 3. The van der Waals surface area contributed by atoms with Gasteiger partial charge in [0.05, 0.1) is 22.8 Å². The predicted octanol–water partition coefficient (Wildman–Crippen LogP) is 14.2. The highest BCUT2D eigenvalue weighted by Gasteiger charge is 2.22. The van der Waals surface area contributed by atoms with Crippen molar-refractivity contribution in [1.29, 1.82) is 0 Å². The Hall–Kier alpha value is -3.45. The molecule has 254 valence electrons. The first-order chi connectivity index (χ1) is 24.2. The average Bonchev–Trinajstić information content (AvgIpc) is 3.93. The number of pyridine rings is 3. The zero-order valence-corrected chi connectivity index (χ0v) is 31.6. The van der Waals surface area contributed by atoms with Crippen LogP contribution in [0.25, 0.3) is 52.7 Å². The van der Waals surface area contributed by atoms with E-state index in [1.165, 1.54) is 114 Å². The molecule has 3 nitrogen and oxygen atoms in total. The van der Waals surface area contributed by atoms with E-state index in [2.05, 4.69) is 65.6 Å². The van der Waals surface area contributed by atoms with Crippen LogP contribution < -0.4 is 0 Å². The first-order valence-corrected chi connectivity index (χ1v) is 20.9. The number of hydrogen-bond donors (Lipinski definition) is 0. The molecule has 0 saturated heterocycles. The highest BCUT2D eigenvalue weighted by molar-refractivity contribution is 7.27. The van der Waals surface area contributed by atoms with Gasteiger partial charge in [-0.25, -0.2) is 4.98 Å². The van der Waals surface area contributed by atoms with Crippen LogP contribution in [0.3, 0.4) is 0 Å². The molecule has 0 spiro atoms. The van der Waals surface area contributed by atoms with Crippen molar-refractivity contribution in [2.24, 2.45) is 0 Å². The lowest BCUT2D eigenvalue weighted by atomic mass is 9.95. The Labute approximate surface area is 305 Å². The molecule has 6 heteroatoms. The lowest BCUT2D eigenvalue weighted by molar-refractivity contribution is 0.600. The molecule has 6 aromatic heterocycles. The SMILES string of the molecule is CCCCCCCCc1c(-c2cccs2)sc(-c2ccc(-c3cc(-c4ccccn4)nc(-c4ccccn4)c3)s2)c1CCCCCCCC. The minimum atomic E-state index is 0.870. The number of nitrogens with zero attached hydrogens (tertiary/aromatic N) is 3. The maximum atomic E-state index is 5.02. The van der Waals surface area contributed by atoms with E-state index in [1.807, 2.05) is 82.8 Å². The lowest BCUT2D eigenvalue weighted by Gasteiger charge is -2.10. The third-order valence-electron chi connectivity index (χ3n) is 9.22. The predicted molar refractivity (Wildman–Crippen MR) is 215 cm³/mol. The molecule has 0 aliphatic rings. The van der Waals surface area contributed by atoms with Crippen LogP contribution >= 0.6 is 34.0 Å². The minimum Gasteiger partial charge on any atom is -0.255 e. The van der Waals surface area contributed by atoms with Gasteiger partial charge < -0.3 is 0 Å². The van der Waals surface area contributed by atoms with E-state index in [0.717, 1.165) is 28.3 Å². The summed E-state index contributed by atoms with van der Waals surface area (Å²) < 4.78 is 0. The maximum absolute atomic E-state index is 5.02. The Morgan fingerprint density at radius 3 is 1.57 bits per heavy atom. The maximum Gasteiger partial charge on any atom is 0.0900 e. The van der Waals surface area contributed by atoms with Crippen molar-refractivity contribution in [3.8, 4) is 52.7 Å². The van der Waals surface area contributed by atoms with E-state index in [4.69, 9.17) is 4.98 Å². The molecule has 0 N–H and O–H groups in total. The van der Waals surface area contributed by atoms with Crippen molar-refractivity contribution in [1.82, 2.24) is 15.0 Å². The molecule has 0 aliphatic carbocycles. The molecule has 0 bridgehead atoms. The average molecular weight is 704 g/mol. The van der Waals surface area contributed by atoms with Gasteiger partial charge in [-0.3, -0.25) is 9.97 Å². The number of rotatable bonds is 19. The van der Waals surface area contributed by atoms with Crippen molar-refractivity contribution >= 4 is 34.0 Å². The third kappa shape index (κ3) is 9.42. The van der Waals surface area contributed by atoms with Crippen LogP contribution in [-0.4, -0.2) is 15.0 Å². The molecule has 0 fully saturated rings. The molecular formula is C43H49N3S3. The van der Waals surface area contributed by atoms with Gasteiger partial charge in [0.25, 0.3) is 0 Å². The minimum absolute atomic E-state index is 0.870. The van der Waals surface area contributed by atoms with Crippen LogP contribution in [0.5, 0.6) is 0 Å². The van der Waals surface area contributed by atoms with Crippen LogP contribution in [0.15, 0.2) is 90.6 Å². The molecule has 0 aliphatic heterocycles. The summed E-state index contributed by atoms with van der Waals surface area (Å²) >= 11 is 5.84. The first kappa shape index (κ1) is 35.4. The zero-order chi connectivity index (χ0) is 33.7. The molecule has 0 atom stereocenters. The topological polar surface area (TPSA) is 38.7 Å². The largest absolute Gasteiger partial charge is 0.255 e. The molecular weight excluding hydrogens is 655 g/mol. The normalized spacial score (nSPS) is 11.4. The Bertz CT molecular complexity index is 1780. The van der Waals surface area contributed by atoms with E-state index < -0.39 is 0 Å². The molecule has 6 aromatic rings. The van der Waals surface area contributed by atoms with E-state index in [-0.39, 0.29) is 0 Å². The van der Waals surface area contributed by atoms with Crippen molar-refractivity contribution in [3.63, 3.8) is 0 Å². The van der Waals surface area contributed by atoms with Gasteiger partial charge in [0.2, 0.25) is 0 Å². The van der Waals surface area contributed by atoms with Gasteiger partial charge in [-0.05, 0) is 102 Å². The highest BCUT2D eigenvalue weighted by atomic mass is 32.1. The molecule has 0 aromatic carbocycles. The lowest BCUT2D eigenvalue weighted by Crippen LogP contribution is -1.95. The van der Waals surface area contributed by atoms with Crippen molar-refractivity contribution in [2.75, 3.05) is 0 Å². The zero-order valence-electron chi connectivity index (χ0n) is 29.1. The quantitative estimate of drug-likeness (QED) is 0.0788. The van der Waals surface area contributed by atoms with E-state index >= 15 is 0 Å². The van der Waals surface area contributed by atoms with E-state index in [9.17, 15) is 0 Å². The van der Waals surface area contributed by atoms with Crippen LogP contribution in [0.4, 0.5) is 0 Å². The van der Waals surface area contributed by atoms with Gasteiger partial charge in [0.15, 0.2) is 0 Å². The first-order valence-electron chi connectivity index (χ1n) is 18.4. The Morgan fingerprint density at radius 1 is 0.490 bits per heavy atom. The fourth-order valence-electron chi connectivity index (χ4n) is 6.58. The Morgan fingerprint density at radius 2 is 1.04 bits per heavy atom. The van der Waals surface area contributed by atoms with Crippen molar-refractivity contribution in [2.45, 2.75) is 104 Å². The standard InChI is InChI=1S/C43H49N3S3/c1-3-5-7-9-11-13-20-33-34(21-14-12-10-8-6-4-2)43(49-42(33)40-24-19-29-47-40)41-26-25-39(48-41)32-30-37(35-22-15-17-27-44-35)46-38(31-32)36-23-16-18-28-45-36/h15-19,22-31H,3-14,20-21H2,1-2H3. The fraction of sp³-hybridized carbons (Fsp3) is 0.372. The second-order valence-corrected chi connectivity index (χ2v) is 16.0. The molecule has 0 unspecified atom stereocenters. The van der Waals surface area contributed by atoms with Crippen LogP contribution in [0.1, 0.15) is 102 Å².